The van der Waals surface area contributed by atoms with E-state index in [0.29, 0.717) is 5.92 Å². The quantitative estimate of drug-likeness (QED) is 0.144. The Labute approximate surface area is 293 Å². The lowest BCUT2D eigenvalue weighted by Crippen LogP contribution is -2.21. The molecular formula is C46H54P2. The third-order valence-electron chi connectivity index (χ3n) is 12.4. The molecule has 0 heterocycles. The summed E-state index contributed by atoms with van der Waals surface area (Å²) in [7, 11) is 3.19. The van der Waals surface area contributed by atoms with Crippen LogP contribution in [0.15, 0.2) is 91.0 Å². The minimum atomic E-state index is -0.0242. The van der Waals surface area contributed by atoms with E-state index in [9.17, 15) is 0 Å². The Balaban J connectivity index is 1.36. The van der Waals surface area contributed by atoms with E-state index in [4.69, 9.17) is 0 Å². The summed E-state index contributed by atoms with van der Waals surface area (Å²) >= 11 is 0. The van der Waals surface area contributed by atoms with Crippen LogP contribution >= 0.6 is 17.2 Å². The average molecular weight is 669 g/mol. The molecule has 0 spiro atoms. The first-order valence-electron chi connectivity index (χ1n) is 19.4. The predicted molar refractivity (Wildman–Crippen MR) is 216 cm³/mol. The van der Waals surface area contributed by atoms with Crippen molar-refractivity contribution in [3.05, 3.63) is 108 Å². The van der Waals surface area contributed by atoms with Gasteiger partial charge in [0.25, 0.3) is 0 Å². The zero-order chi connectivity index (χ0) is 32.3. The predicted octanol–water partition coefficient (Wildman–Crippen LogP) is 14.4. The number of benzene rings is 5. The molecule has 5 aromatic carbocycles. The first-order chi connectivity index (χ1) is 23.8. The molecule has 2 heteroatoms. The van der Waals surface area contributed by atoms with Crippen molar-refractivity contribution in [2.24, 2.45) is 0 Å². The Morgan fingerprint density at radius 1 is 0.500 bits per heavy atom. The van der Waals surface area contributed by atoms with Crippen LogP contribution in [0.1, 0.15) is 119 Å². The fourth-order valence-corrected chi connectivity index (χ4v) is 14.4. The molecular weight excluding hydrogens is 614 g/mol. The largest absolute Gasteiger partial charge is 0.133 e. The summed E-state index contributed by atoms with van der Waals surface area (Å²) in [5, 5.41) is 5.62. The van der Waals surface area contributed by atoms with Crippen LogP contribution in [0.2, 0.25) is 0 Å². The van der Waals surface area contributed by atoms with Crippen LogP contribution in [0.4, 0.5) is 0 Å². The molecule has 0 amide bonds. The topological polar surface area (TPSA) is 0 Å². The number of rotatable bonds is 8. The highest BCUT2D eigenvalue weighted by atomic mass is 31.1. The Morgan fingerprint density at radius 3 is 1.69 bits per heavy atom. The lowest BCUT2D eigenvalue weighted by atomic mass is 9.74. The van der Waals surface area contributed by atoms with Crippen molar-refractivity contribution in [3.63, 3.8) is 0 Å². The summed E-state index contributed by atoms with van der Waals surface area (Å²) in [6, 6.07) is 35.3. The van der Waals surface area contributed by atoms with Crippen molar-refractivity contribution in [1.29, 1.82) is 0 Å². The van der Waals surface area contributed by atoms with Crippen molar-refractivity contribution >= 4 is 38.7 Å². The van der Waals surface area contributed by atoms with E-state index < -0.39 is 0 Å². The lowest BCUT2D eigenvalue weighted by Gasteiger charge is -2.39. The van der Waals surface area contributed by atoms with E-state index in [2.05, 4.69) is 100 Å². The normalized spacial score (nSPS) is 18.6. The molecule has 0 aromatic heterocycles. The zero-order valence-electron chi connectivity index (χ0n) is 28.9. The highest BCUT2D eigenvalue weighted by Gasteiger charge is 2.33. The maximum Gasteiger partial charge on any atom is -0.00609 e. The van der Waals surface area contributed by atoms with Crippen LogP contribution in [0.5, 0.6) is 0 Å². The van der Waals surface area contributed by atoms with Gasteiger partial charge in [-0.2, -0.15) is 0 Å². The van der Waals surface area contributed by atoms with E-state index >= 15 is 0 Å². The molecule has 8 rings (SSSR count). The molecule has 0 saturated heterocycles. The van der Waals surface area contributed by atoms with E-state index in [-0.39, 0.29) is 7.92 Å². The molecule has 48 heavy (non-hydrogen) atoms. The van der Waals surface area contributed by atoms with Gasteiger partial charge in [-0.1, -0.05) is 157 Å². The molecule has 0 radical (unpaired) electrons. The molecule has 1 unspecified atom stereocenters. The van der Waals surface area contributed by atoms with E-state index in [1.807, 2.05) is 0 Å². The van der Waals surface area contributed by atoms with Crippen LogP contribution in [0.25, 0.3) is 43.8 Å². The Bertz CT molecular complexity index is 1830. The van der Waals surface area contributed by atoms with Gasteiger partial charge in [-0.05, 0) is 129 Å². The van der Waals surface area contributed by atoms with Crippen molar-refractivity contribution in [2.45, 2.75) is 126 Å². The monoisotopic (exact) mass is 668 g/mol. The van der Waals surface area contributed by atoms with Gasteiger partial charge in [0.15, 0.2) is 0 Å². The highest BCUT2D eigenvalue weighted by Crippen LogP contribution is 2.59. The Kier molecular flexibility index (Phi) is 10.3. The Morgan fingerprint density at radius 2 is 1.02 bits per heavy atom. The molecule has 0 nitrogen and oxygen atoms in total. The minimum Gasteiger partial charge on any atom is -0.133 e. The lowest BCUT2D eigenvalue weighted by molar-refractivity contribution is 0.443. The third-order valence-corrected chi connectivity index (χ3v) is 16.4. The number of hydrogen-bond acceptors (Lipinski definition) is 0. The van der Waals surface area contributed by atoms with Gasteiger partial charge in [0, 0.05) is 0 Å². The standard InChI is InChI=1S/C46H54P2/c47-31-43-44(34-18-4-1-5-19-34)46(40-30-16-21-33-17-10-12-26-38(33)40)42-29-15-14-28-41(42)45(43)39-27-13-11-20-35(39)32-48(36-22-6-2-7-23-36)37-24-8-3-9-25-37/h10-17,20-21,26-30,34,36-37H,1-9,18-19,22-25,31-32,47H2. The van der Waals surface area contributed by atoms with Crippen LogP contribution in [0, 0.1) is 0 Å². The summed E-state index contributed by atoms with van der Waals surface area (Å²) in [6.45, 7) is 0. The van der Waals surface area contributed by atoms with E-state index in [1.54, 1.807) is 22.3 Å². The third kappa shape index (κ3) is 6.43. The second-order valence-corrected chi connectivity index (χ2v) is 18.4. The number of hydrogen-bond donors (Lipinski definition) is 0. The van der Waals surface area contributed by atoms with Gasteiger partial charge in [-0.25, -0.2) is 0 Å². The van der Waals surface area contributed by atoms with Gasteiger partial charge in [0.1, 0.15) is 0 Å². The van der Waals surface area contributed by atoms with E-state index in [0.717, 1.165) is 17.5 Å². The molecule has 3 aliphatic rings. The van der Waals surface area contributed by atoms with Gasteiger partial charge in [-0.15, -0.1) is 9.24 Å². The maximum absolute atomic E-state index is 3.21. The second kappa shape index (κ2) is 15.2. The van der Waals surface area contributed by atoms with E-state index in [1.165, 1.54) is 141 Å². The van der Waals surface area contributed by atoms with Gasteiger partial charge >= 0.3 is 0 Å². The first kappa shape index (κ1) is 32.7. The molecule has 1 atom stereocenters. The summed E-state index contributed by atoms with van der Waals surface area (Å²) in [4.78, 5) is 0. The van der Waals surface area contributed by atoms with Gasteiger partial charge < -0.3 is 0 Å². The Hall–Kier alpha value is -2.52. The average Bonchev–Trinajstić information content (AvgIpc) is 3.17. The molecule has 0 aliphatic heterocycles. The van der Waals surface area contributed by atoms with Crippen molar-refractivity contribution in [1.82, 2.24) is 0 Å². The van der Waals surface area contributed by atoms with Gasteiger partial charge in [0.2, 0.25) is 0 Å². The second-order valence-electron chi connectivity index (χ2n) is 15.2. The highest BCUT2D eigenvalue weighted by molar-refractivity contribution is 7.58. The van der Waals surface area contributed by atoms with Crippen LogP contribution in [-0.4, -0.2) is 11.3 Å². The molecule has 3 fully saturated rings. The zero-order valence-corrected chi connectivity index (χ0v) is 31.0. The fourth-order valence-electron chi connectivity index (χ4n) is 10.1. The van der Waals surface area contributed by atoms with Crippen molar-refractivity contribution in [3.8, 4) is 22.3 Å². The molecule has 248 valence electrons. The van der Waals surface area contributed by atoms with Gasteiger partial charge in [-0.3, -0.25) is 0 Å². The fraction of sp³-hybridized carbons (Fsp3) is 0.435. The molecule has 3 aliphatic carbocycles. The first-order valence-corrected chi connectivity index (χ1v) is 21.9. The number of fused-ring (bicyclic) bond motifs is 2. The van der Waals surface area contributed by atoms with Crippen LogP contribution in [-0.2, 0) is 12.3 Å². The smallest absolute Gasteiger partial charge is 0.00609 e. The van der Waals surface area contributed by atoms with Crippen LogP contribution < -0.4 is 0 Å². The summed E-state index contributed by atoms with van der Waals surface area (Å²) in [5.41, 5.74) is 12.8. The maximum atomic E-state index is 3.21. The summed E-state index contributed by atoms with van der Waals surface area (Å²) in [5.74, 6) is 0.611. The summed E-state index contributed by atoms with van der Waals surface area (Å²) < 4.78 is 0. The van der Waals surface area contributed by atoms with Crippen LogP contribution in [0.3, 0.4) is 0 Å². The summed E-state index contributed by atoms with van der Waals surface area (Å²) in [6.07, 6.45) is 23.7. The molecule has 3 saturated carbocycles. The molecule has 0 N–H and O–H groups in total. The minimum absolute atomic E-state index is 0.0242. The van der Waals surface area contributed by atoms with Crippen molar-refractivity contribution in [2.75, 3.05) is 0 Å². The molecule has 0 bridgehead atoms. The van der Waals surface area contributed by atoms with Crippen molar-refractivity contribution < 1.29 is 0 Å². The molecule has 5 aromatic rings. The SMILES string of the molecule is PCc1c(C2CCCCC2)c(-c2cccc3ccccc23)c2ccccc2c1-c1ccccc1CP(C1CCCCC1)C1CCCCC1. The van der Waals surface area contributed by atoms with Gasteiger partial charge in [0.05, 0.1) is 0 Å².